The molecule has 0 spiro atoms. The smallest absolute Gasteiger partial charge is 0.239 e. The number of nitrogens with one attached hydrogen (secondary N) is 1. The van der Waals surface area contributed by atoms with Crippen LogP contribution in [0, 0.1) is 0 Å². The molecule has 1 aliphatic carbocycles. The molecule has 1 saturated carbocycles. The molecule has 8 nitrogen and oxygen atoms in total. The predicted octanol–water partition coefficient (Wildman–Crippen LogP) is 2.14. The van der Waals surface area contributed by atoms with Gasteiger partial charge in [0.25, 0.3) is 0 Å². The summed E-state index contributed by atoms with van der Waals surface area (Å²) in [7, 11) is 0. The number of hydrogen-bond donors (Lipinski definition) is 1. The Morgan fingerprint density at radius 1 is 1.36 bits per heavy atom. The van der Waals surface area contributed by atoms with Gasteiger partial charge in [0.1, 0.15) is 0 Å². The van der Waals surface area contributed by atoms with Crippen molar-refractivity contribution in [3.05, 3.63) is 24.5 Å². The molecule has 1 fully saturated rings. The van der Waals surface area contributed by atoms with Crippen LogP contribution in [0.15, 0.2) is 29.7 Å². The predicted molar refractivity (Wildman–Crippen MR) is 108 cm³/mol. The monoisotopic (exact) mass is 402 g/mol. The number of likely N-dealkylation sites (N-methyl/N-ethyl adjacent to an activating group) is 1. The summed E-state index contributed by atoms with van der Waals surface area (Å²) in [5.41, 5.74) is 0.917. The maximum absolute atomic E-state index is 12.6. The molecule has 1 aliphatic rings. The van der Waals surface area contributed by atoms with E-state index in [4.69, 9.17) is 0 Å². The summed E-state index contributed by atoms with van der Waals surface area (Å²) in [6, 6.07) is 4.26. The second kappa shape index (κ2) is 9.18. The molecule has 0 aliphatic heterocycles. The second-order valence-corrected chi connectivity index (χ2v) is 8.01. The van der Waals surface area contributed by atoms with Gasteiger partial charge in [0.05, 0.1) is 12.3 Å². The van der Waals surface area contributed by atoms with Crippen molar-refractivity contribution >= 4 is 23.6 Å². The lowest BCUT2D eigenvalue weighted by Crippen LogP contribution is -2.43. The maximum Gasteiger partial charge on any atom is 0.239 e. The standard InChI is InChI=1S/C19H26N6O2S/c1-4-24(11-16(26)21-13(2)3)17(27)12-28-19-23-22-18(25(19)15-7-8-15)14-6-5-9-20-10-14/h5-6,9-10,13,15H,4,7-8,11-12H2,1-3H3,(H,21,26). The van der Waals surface area contributed by atoms with E-state index in [1.54, 1.807) is 17.3 Å². The van der Waals surface area contributed by atoms with Crippen LogP contribution in [0.1, 0.15) is 39.7 Å². The number of thioether (sulfide) groups is 1. The van der Waals surface area contributed by atoms with E-state index in [1.807, 2.05) is 32.9 Å². The molecule has 0 saturated heterocycles. The first-order valence-corrected chi connectivity index (χ1v) is 10.5. The van der Waals surface area contributed by atoms with Crippen LogP contribution < -0.4 is 5.32 Å². The van der Waals surface area contributed by atoms with Gasteiger partial charge in [0.2, 0.25) is 11.8 Å². The average molecular weight is 403 g/mol. The molecule has 0 unspecified atom stereocenters. The fourth-order valence-corrected chi connectivity index (χ4v) is 3.77. The lowest BCUT2D eigenvalue weighted by molar-refractivity contribution is -0.134. The van der Waals surface area contributed by atoms with Gasteiger partial charge in [-0.3, -0.25) is 19.1 Å². The van der Waals surface area contributed by atoms with Crippen LogP contribution in [-0.4, -0.2) is 61.3 Å². The zero-order chi connectivity index (χ0) is 20.1. The van der Waals surface area contributed by atoms with E-state index in [1.165, 1.54) is 11.8 Å². The molecule has 2 aromatic rings. The molecule has 9 heteroatoms. The van der Waals surface area contributed by atoms with E-state index in [0.717, 1.165) is 29.4 Å². The van der Waals surface area contributed by atoms with Gasteiger partial charge in [-0.1, -0.05) is 11.8 Å². The lowest BCUT2D eigenvalue weighted by Gasteiger charge is -2.21. The van der Waals surface area contributed by atoms with Crippen molar-refractivity contribution in [3.63, 3.8) is 0 Å². The SMILES string of the molecule is CCN(CC(=O)NC(C)C)C(=O)CSc1nnc(-c2cccnc2)n1C1CC1. The topological polar surface area (TPSA) is 93.0 Å². The summed E-state index contributed by atoms with van der Waals surface area (Å²) in [4.78, 5) is 30.3. The average Bonchev–Trinajstić information content (AvgIpc) is 3.43. The third-order valence-corrected chi connectivity index (χ3v) is 5.27. The first-order chi connectivity index (χ1) is 13.5. The first-order valence-electron chi connectivity index (χ1n) is 9.54. The Morgan fingerprint density at radius 3 is 2.75 bits per heavy atom. The van der Waals surface area contributed by atoms with Gasteiger partial charge in [0, 0.05) is 36.6 Å². The Bertz CT molecular complexity index is 819. The minimum Gasteiger partial charge on any atom is -0.352 e. The highest BCUT2D eigenvalue weighted by molar-refractivity contribution is 7.99. The minimum atomic E-state index is -0.143. The Labute approximate surface area is 169 Å². The zero-order valence-corrected chi connectivity index (χ0v) is 17.3. The van der Waals surface area contributed by atoms with E-state index in [0.29, 0.717) is 12.6 Å². The number of amides is 2. The number of carbonyl (C=O) groups is 2. The van der Waals surface area contributed by atoms with E-state index in [9.17, 15) is 9.59 Å². The number of aromatic nitrogens is 4. The highest BCUT2D eigenvalue weighted by atomic mass is 32.2. The zero-order valence-electron chi connectivity index (χ0n) is 16.5. The van der Waals surface area contributed by atoms with Gasteiger partial charge in [-0.15, -0.1) is 10.2 Å². The van der Waals surface area contributed by atoms with Crippen molar-refractivity contribution in [2.75, 3.05) is 18.8 Å². The Balaban J connectivity index is 1.66. The number of hydrogen-bond acceptors (Lipinski definition) is 6. The molecule has 150 valence electrons. The first kappa shape index (κ1) is 20.3. The fourth-order valence-electron chi connectivity index (χ4n) is 2.86. The normalized spacial score (nSPS) is 13.6. The number of pyridine rings is 1. The molecule has 2 aromatic heterocycles. The molecule has 3 rings (SSSR count). The summed E-state index contributed by atoms with van der Waals surface area (Å²) in [6.45, 7) is 6.23. The van der Waals surface area contributed by atoms with Crippen LogP contribution in [-0.2, 0) is 9.59 Å². The summed E-state index contributed by atoms with van der Waals surface area (Å²) in [6.07, 6.45) is 5.67. The van der Waals surface area contributed by atoms with Crippen molar-refractivity contribution in [2.45, 2.75) is 50.9 Å². The number of rotatable bonds is 9. The Kier molecular flexibility index (Phi) is 6.66. The van der Waals surface area contributed by atoms with Crippen LogP contribution in [0.2, 0.25) is 0 Å². The van der Waals surface area contributed by atoms with E-state index < -0.39 is 0 Å². The third-order valence-electron chi connectivity index (χ3n) is 4.34. The lowest BCUT2D eigenvalue weighted by atomic mass is 10.3. The highest BCUT2D eigenvalue weighted by Crippen LogP contribution is 2.40. The summed E-state index contributed by atoms with van der Waals surface area (Å²) in [5, 5.41) is 12.2. The van der Waals surface area contributed by atoms with Gasteiger partial charge >= 0.3 is 0 Å². The van der Waals surface area contributed by atoms with Crippen molar-refractivity contribution in [3.8, 4) is 11.4 Å². The van der Waals surface area contributed by atoms with Gasteiger partial charge in [0.15, 0.2) is 11.0 Å². The summed E-state index contributed by atoms with van der Waals surface area (Å²) < 4.78 is 2.11. The molecule has 1 N–H and O–H groups in total. The third kappa shape index (κ3) is 5.09. The van der Waals surface area contributed by atoms with Crippen molar-refractivity contribution in [2.24, 2.45) is 0 Å². The van der Waals surface area contributed by atoms with Crippen molar-refractivity contribution in [1.29, 1.82) is 0 Å². The largest absolute Gasteiger partial charge is 0.352 e. The van der Waals surface area contributed by atoms with Crippen LogP contribution in [0.3, 0.4) is 0 Å². The van der Waals surface area contributed by atoms with Gasteiger partial charge in [-0.05, 0) is 45.7 Å². The van der Waals surface area contributed by atoms with Crippen molar-refractivity contribution in [1.82, 2.24) is 30.0 Å². The molecule has 28 heavy (non-hydrogen) atoms. The summed E-state index contributed by atoms with van der Waals surface area (Å²) in [5.74, 6) is 0.782. The van der Waals surface area contributed by atoms with E-state index in [2.05, 4.69) is 25.1 Å². The van der Waals surface area contributed by atoms with Crippen LogP contribution in [0.5, 0.6) is 0 Å². The quantitative estimate of drug-likeness (QED) is 0.646. The van der Waals surface area contributed by atoms with Crippen LogP contribution in [0.25, 0.3) is 11.4 Å². The van der Waals surface area contributed by atoms with Crippen LogP contribution in [0.4, 0.5) is 0 Å². The molecule has 2 heterocycles. The second-order valence-electron chi connectivity index (χ2n) is 7.07. The maximum atomic E-state index is 12.6. The Hall–Kier alpha value is -2.42. The van der Waals surface area contributed by atoms with Gasteiger partial charge < -0.3 is 10.2 Å². The van der Waals surface area contributed by atoms with Crippen molar-refractivity contribution < 1.29 is 9.59 Å². The Morgan fingerprint density at radius 2 is 2.14 bits per heavy atom. The molecule has 0 atom stereocenters. The molecule has 2 amide bonds. The molecule has 0 aromatic carbocycles. The molecular formula is C19H26N6O2S. The van der Waals surface area contributed by atoms with Gasteiger partial charge in [-0.2, -0.15) is 0 Å². The van der Waals surface area contributed by atoms with E-state index in [-0.39, 0.29) is 30.2 Å². The molecular weight excluding hydrogens is 376 g/mol. The minimum absolute atomic E-state index is 0.0543. The number of nitrogens with zero attached hydrogens (tertiary/aromatic N) is 5. The molecule has 0 bridgehead atoms. The van der Waals surface area contributed by atoms with E-state index >= 15 is 0 Å². The molecule has 0 radical (unpaired) electrons. The fraction of sp³-hybridized carbons (Fsp3) is 0.526. The summed E-state index contributed by atoms with van der Waals surface area (Å²) >= 11 is 1.37. The van der Waals surface area contributed by atoms with Crippen LogP contribution >= 0.6 is 11.8 Å². The number of carbonyl (C=O) groups excluding carboxylic acids is 2. The highest BCUT2D eigenvalue weighted by Gasteiger charge is 2.30. The van der Waals surface area contributed by atoms with Gasteiger partial charge in [-0.25, -0.2) is 0 Å².